The summed E-state index contributed by atoms with van der Waals surface area (Å²) < 4.78 is 0. The Labute approximate surface area is 91.4 Å². The highest BCUT2D eigenvalue weighted by Gasteiger charge is 2.05. The van der Waals surface area contributed by atoms with E-state index < -0.39 is 0 Å². The van der Waals surface area contributed by atoms with Crippen molar-refractivity contribution < 1.29 is 0 Å². The molecule has 0 fully saturated rings. The SMILES string of the molecule is CCN(CC)c1ccc(C(=N)N)c(C)c1. The summed E-state index contributed by atoms with van der Waals surface area (Å²) in [6.07, 6.45) is 0. The second kappa shape index (κ2) is 4.82. The van der Waals surface area contributed by atoms with Crippen molar-refractivity contribution >= 4 is 11.5 Å². The van der Waals surface area contributed by atoms with E-state index in [-0.39, 0.29) is 5.84 Å². The number of nitrogen functional groups attached to an aromatic ring is 1. The number of amidine groups is 1. The molecule has 3 heteroatoms. The first-order chi connectivity index (χ1) is 7.10. The van der Waals surface area contributed by atoms with E-state index in [2.05, 4.69) is 24.8 Å². The van der Waals surface area contributed by atoms with Crippen LogP contribution >= 0.6 is 0 Å². The molecule has 82 valence electrons. The molecule has 15 heavy (non-hydrogen) atoms. The molecule has 0 heterocycles. The minimum atomic E-state index is 0.138. The van der Waals surface area contributed by atoms with Crippen molar-refractivity contribution in [2.45, 2.75) is 20.8 Å². The van der Waals surface area contributed by atoms with E-state index >= 15 is 0 Å². The first-order valence-electron chi connectivity index (χ1n) is 5.30. The van der Waals surface area contributed by atoms with Gasteiger partial charge in [-0.15, -0.1) is 0 Å². The summed E-state index contributed by atoms with van der Waals surface area (Å²) in [4.78, 5) is 2.27. The van der Waals surface area contributed by atoms with Crippen LogP contribution in [0.3, 0.4) is 0 Å². The zero-order valence-corrected chi connectivity index (χ0v) is 9.67. The fourth-order valence-corrected chi connectivity index (χ4v) is 1.74. The molecule has 0 saturated carbocycles. The average molecular weight is 205 g/mol. The molecule has 0 saturated heterocycles. The second-order valence-electron chi connectivity index (χ2n) is 3.59. The smallest absolute Gasteiger partial charge is 0.123 e. The van der Waals surface area contributed by atoms with Crippen molar-refractivity contribution in [1.82, 2.24) is 0 Å². The van der Waals surface area contributed by atoms with Gasteiger partial charge in [0, 0.05) is 24.3 Å². The van der Waals surface area contributed by atoms with E-state index in [4.69, 9.17) is 11.1 Å². The third kappa shape index (κ3) is 2.49. The Bertz CT molecular complexity index is 354. The molecule has 0 bridgehead atoms. The molecule has 0 atom stereocenters. The lowest BCUT2D eigenvalue weighted by Gasteiger charge is -2.22. The van der Waals surface area contributed by atoms with Crippen LogP contribution in [0.5, 0.6) is 0 Å². The summed E-state index contributed by atoms with van der Waals surface area (Å²) in [6.45, 7) is 8.25. The van der Waals surface area contributed by atoms with E-state index in [9.17, 15) is 0 Å². The average Bonchev–Trinajstić information content (AvgIpc) is 2.19. The number of rotatable bonds is 4. The monoisotopic (exact) mass is 205 g/mol. The lowest BCUT2D eigenvalue weighted by Crippen LogP contribution is -2.22. The molecular weight excluding hydrogens is 186 g/mol. The number of nitrogens with two attached hydrogens (primary N) is 1. The summed E-state index contributed by atoms with van der Waals surface area (Å²) in [7, 11) is 0. The third-order valence-electron chi connectivity index (χ3n) is 2.63. The minimum absolute atomic E-state index is 0.138. The maximum atomic E-state index is 7.41. The van der Waals surface area contributed by atoms with E-state index in [0.717, 1.165) is 24.2 Å². The van der Waals surface area contributed by atoms with Gasteiger partial charge in [-0.3, -0.25) is 5.41 Å². The number of benzene rings is 1. The lowest BCUT2D eigenvalue weighted by molar-refractivity contribution is 0.865. The van der Waals surface area contributed by atoms with Gasteiger partial charge in [-0.2, -0.15) is 0 Å². The summed E-state index contributed by atoms with van der Waals surface area (Å²) in [5, 5.41) is 7.41. The highest BCUT2D eigenvalue weighted by Crippen LogP contribution is 2.18. The minimum Gasteiger partial charge on any atom is -0.384 e. The normalized spacial score (nSPS) is 10.1. The van der Waals surface area contributed by atoms with Gasteiger partial charge >= 0.3 is 0 Å². The maximum absolute atomic E-state index is 7.41. The number of anilines is 1. The Kier molecular flexibility index (Phi) is 3.72. The summed E-state index contributed by atoms with van der Waals surface area (Å²) in [5.74, 6) is 0.138. The van der Waals surface area contributed by atoms with Gasteiger partial charge in [0.15, 0.2) is 0 Å². The molecule has 1 rings (SSSR count). The number of hydrogen-bond donors (Lipinski definition) is 2. The highest BCUT2D eigenvalue weighted by atomic mass is 15.1. The zero-order chi connectivity index (χ0) is 11.4. The van der Waals surface area contributed by atoms with Gasteiger partial charge in [0.1, 0.15) is 5.84 Å². The van der Waals surface area contributed by atoms with E-state index in [1.54, 1.807) is 0 Å². The van der Waals surface area contributed by atoms with Crippen LogP contribution in [0.1, 0.15) is 25.0 Å². The Balaban J connectivity index is 3.05. The van der Waals surface area contributed by atoms with Crippen LogP contribution in [-0.2, 0) is 0 Å². The van der Waals surface area contributed by atoms with Gasteiger partial charge in [0.25, 0.3) is 0 Å². The van der Waals surface area contributed by atoms with Crippen LogP contribution in [0.25, 0.3) is 0 Å². The van der Waals surface area contributed by atoms with Crippen molar-refractivity contribution in [1.29, 1.82) is 5.41 Å². The third-order valence-corrected chi connectivity index (χ3v) is 2.63. The topological polar surface area (TPSA) is 53.1 Å². The molecule has 0 spiro atoms. The molecule has 0 aliphatic heterocycles. The van der Waals surface area contributed by atoms with Gasteiger partial charge < -0.3 is 10.6 Å². The number of aryl methyl sites for hydroxylation is 1. The summed E-state index contributed by atoms with van der Waals surface area (Å²) >= 11 is 0. The van der Waals surface area contributed by atoms with Crippen molar-refractivity contribution in [2.24, 2.45) is 5.73 Å². The number of hydrogen-bond acceptors (Lipinski definition) is 2. The van der Waals surface area contributed by atoms with Crippen LogP contribution in [0.4, 0.5) is 5.69 Å². The Morgan fingerprint density at radius 3 is 2.33 bits per heavy atom. The fourth-order valence-electron chi connectivity index (χ4n) is 1.74. The van der Waals surface area contributed by atoms with E-state index in [1.165, 1.54) is 5.69 Å². The number of nitrogens with zero attached hydrogens (tertiary/aromatic N) is 1. The fraction of sp³-hybridized carbons (Fsp3) is 0.417. The van der Waals surface area contributed by atoms with Crippen molar-refractivity contribution in [2.75, 3.05) is 18.0 Å². The Hall–Kier alpha value is -1.51. The molecule has 3 N–H and O–H groups in total. The maximum Gasteiger partial charge on any atom is 0.123 e. The summed E-state index contributed by atoms with van der Waals surface area (Å²) in [5.41, 5.74) is 8.56. The largest absolute Gasteiger partial charge is 0.384 e. The van der Waals surface area contributed by atoms with E-state index in [0.29, 0.717) is 0 Å². The van der Waals surface area contributed by atoms with Crippen molar-refractivity contribution in [3.05, 3.63) is 29.3 Å². The molecule has 1 aromatic carbocycles. The van der Waals surface area contributed by atoms with E-state index in [1.807, 2.05) is 19.1 Å². The van der Waals surface area contributed by atoms with Gasteiger partial charge in [-0.1, -0.05) is 0 Å². The lowest BCUT2D eigenvalue weighted by atomic mass is 10.1. The standard InChI is InChI=1S/C12H19N3/c1-4-15(5-2)10-6-7-11(12(13)14)9(3)8-10/h6-8H,4-5H2,1-3H3,(H3,13,14). The van der Waals surface area contributed by atoms with Crippen LogP contribution in [-0.4, -0.2) is 18.9 Å². The molecular formula is C12H19N3. The zero-order valence-electron chi connectivity index (χ0n) is 9.67. The molecule has 0 aromatic heterocycles. The van der Waals surface area contributed by atoms with Crippen LogP contribution < -0.4 is 10.6 Å². The van der Waals surface area contributed by atoms with Gasteiger partial charge in [0.05, 0.1) is 0 Å². The second-order valence-corrected chi connectivity index (χ2v) is 3.59. The predicted octanol–water partition coefficient (Wildman–Crippen LogP) is 2.13. The first kappa shape index (κ1) is 11.6. The molecule has 0 unspecified atom stereocenters. The molecule has 0 aliphatic carbocycles. The van der Waals surface area contributed by atoms with Gasteiger partial charge in [-0.05, 0) is 44.5 Å². The Morgan fingerprint density at radius 2 is 1.93 bits per heavy atom. The summed E-state index contributed by atoms with van der Waals surface area (Å²) in [6, 6.07) is 6.03. The number of nitrogens with one attached hydrogen (secondary N) is 1. The molecule has 1 aromatic rings. The molecule has 3 nitrogen and oxygen atoms in total. The van der Waals surface area contributed by atoms with Gasteiger partial charge in [0.2, 0.25) is 0 Å². The molecule has 0 amide bonds. The first-order valence-corrected chi connectivity index (χ1v) is 5.30. The van der Waals surface area contributed by atoms with Crippen LogP contribution in [0, 0.1) is 12.3 Å². The molecule has 0 aliphatic rings. The Morgan fingerprint density at radius 1 is 1.33 bits per heavy atom. The van der Waals surface area contributed by atoms with Crippen molar-refractivity contribution in [3.63, 3.8) is 0 Å². The van der Waals surface area contributed by atoms with Crippen molar-refractivity contribution in [3.8, 4) is 0 Å². The van der Waals surface area contributed by atoms with Crippen LogP contribution in [0.15, 0.2) is 18.2 Å². The molecule has 0 radical (unpaired) electrons. The van der Waals surface area contributed by atoms with Crippen LogP contribution in [0.2, 0.25) is 0 Å². The highest BCUT2D eigenvalue weighted by molar-refractivity contribution is 5.96. The quantitative estimate of drug-likeness (QED) is 0.584. The predicted molar refractivity (Wildman–Crippen MR) is 65.8 cm³/mol. The van der Waals surface area contributed by atoms with Gasteiger partial charge in [-0.25, -0.2) is 0 Å².